The molecule has 132 valence electrons. The van der Waals surface area contributed by atoms with Crippen LogP contribution in [-0.2, 0) is 0 Å². The lowest BCUT2D eigenvalue weighted by Crippen LogP contribution is -2.56. The fourth-order valence-electron chi connectivity index (χ4n) is 2.56. The molecule has 1 saturated heterocycles. The first-order chi connectivity index (χ1) is 11.4. The first kappa shape index (κ1) is 18.0. The lowest BCUT2D eigenvalue weighted by atomic mass is 10.1. The number of ether oxygens (including phenoxy) is 2. The third kappa shape index (κ3) is 4.35. The van der Waals surface area contributed by atoms with Crippen molar-refractivity contribution < 1.29 is 29.3 Å². The minimum atomic E-state index is -1.06. The van der Waals surface area contributed by atoms with Gasteiger partial charge in [0.05, 0.1) is 24.8 Å². The summed E-state index contributed by atoms with van der Waals surface area (Å²) in [5.41, 5.74) is 0. The van der Waals surface area contributed by atoms with Gasteiger partial charge in [0.25, 0.3) is 0 Å². The van der Waals surface area contributed by atoms with Crippen molar-refractivity contribution in [3.8, 4) is 11.5 Å². The molecule has 0 aromatic heterocycles. The topological polar surface area (TPSA) is 99.5 Å². The number of halogens is 1. The van der Waals surface area contributed by atoms with E-state index in [0.29, 0.717) is 22.9 Å². The van der Waals surface area contributed by atoms with Crippen LogP contribution in [0.5, 0.6) is 11.5 Å². The summed E-state index contributed by atoms with van der Waals surface area (Å²) in [6.07, 6.45) is -1.75. The molecule has 2 amide bonds. The van der Waals surface area contributed by atoms with Gasteiger partial charge in [0.15, 0.2) is 0 Å². The Bertz CT molecular complexity index is 612. The molecule has 1 aromatic rings. The number of benzene rings is 1. The maximum Gasteiger partial charge on any atom is 0.407 e. The molecule has 1 aromatic carbocycles. The molecule has 2 rings (SSSR count). The van der Waals surface area contributed by atoms with Crippen molar-refractivity contribution in [3.63, 3.8) is 0 Å². The number of nitrogens with zero attached hydrogens (tertiary/aromatic N) is 2. The first-order valence-corrected chi connectivity index (χ1v) is 7.74. The Kier molecular flexibility index (Phi) is 5.97. The molecule has 1 heterocycles. The van der Waals surface area contributed by atoms with Crippen molar-refractivity contribution in [1.29, 1.82) is 0 Å². The molecule has 1 aliphatic rings. The molecule has 0 saturated carbocycles. The Balaban J connectivity index is 1.95. The van der Waals surface area contributed by atoms with E-state index in [9.17, 15) is 14.7 Å². The molecule has 0 bridgehead atoms. The number of amides is 2. The summed E-state index contributed by atoms with van der Waals surface area (Å²) in [5, 5.41) is 18.7. The van der Waals surface area contributed by atoms with E-state index < -0.39 is 18.2 Å². The van der Waals surface area contributed by atoms with Gasteiger partial charge in [-0.2, -0.15) is 0 Å². The Morgan fingerprint density at radius 1 is 1.29 bits per heavy atom. The van der Waals surface area contributed by atoms with Crippen LogP contribution in [0.25, 0.3) is 0 Å². The predicted octanol–water partition coefficient (Wildman–Crippen LogP) is 2.46. The van der Waals surface area contributed by atoms with Crippen LogP contribution >= 0.6 is 11.6 Å². The monoisotopic (exact) mass is 358 g/mol. The Hall–Kier alpha value is -2.35. The van der Waals surface area contributed by atoms with Crippen LogP contribution < -0.4 is 9.47 Å². The smallest absolute Gasteiger partial charge is 0.407 e. The van der Waals surface area contributed by atoms with Crippen LogP contribution in [-0.4, -0.2) is 71.6 Å². The molecule has 1 fully saturated rings. The highest BCUT2D eigenvalue weighted by Crippen LogP contribution is 2.29. The highest BCUT2D eigenvalue weighted by Gasteiger charge is 2.32. The van der Waals surface area contributed by atoms with E-state index >= 15 is 0 Å². The molecule has 0 unspecified atom stereocenters. The third-order valence-corrected chi connectivity index (χ3v) is 4.14. The second-order valence-corrected chi connectivity index (χ2v) is 5.70. The maximum atomic E-state index is 11.3. The normalized spacial score (nSPS) is 17.5. The van der Waals surface area contributed by atoms with E-state index in [1.54, 1.807) is 18.2 Å². The summed E-state index contributed by atoms with van der Waals surface area (Å²) in [5.74, 6) is 1.07. The minimum Gasteiger partial charge on any atom is -0.497 e. The molecule has 8 nitrogen and oxygen atoms in total. The SMILES string of the molecule is COc1ccc(OCC[C@@H]2CN(C(=O)O)CCN2C(=O)O)c(Cl)c1. The lowest BCUT2D eigenvalue weighted by Gasteiger charge is -2.38. The fraction of sp³-hybridized carbons (Fsp3) is 0.467. The first-order valence-electron chi connectivity index (χ1n) is 7.36. The number of hydrogen-bond donors (Lipinski definition) is 2. The summed E-state index contributed by atoms with van der Waals surface area (Å²) in [6, 6.07) is 4.54. The van der Waals surface area contributed by atoms with Gasteiger partial charge in [-0.25, -0.2) is 9.59 Å². The lowest BCUT2D eigenvalue weighted by molar-refractivity contribution is 0.0562. The predicted molar refractivity (Wildman–Crippen MR) is 86.2 cm³/mol. The van der Waals surface area contributed by atoms with E-state index in [4.69, 9.17) is 26.2 Å². The van der Waals surface area contributed by atoms with Crippen LogP contribution in [0.2, 0.25) is 5.02 Å². The van der Waals surface area contributed by atoms with Crippen molar-refractivity contribution in [2.75, 3.05) is 33.4 Å². The highest BCUT2D eigenvalue weighted by molar-refractivity contribution is 6.32. The minimum absolute atomic E-state index is 0.126. The molecule has 0 aliphatic carbocycles. The zero-order chi connectivity index (χ0) is 17.7. The fourth-order valence-corrected chi connectivity index (χ4v) is 2.78. The molecule has 24 heavy (non-hydrogen) atoms. The molecule has 2 N–H and O–H groups in total. The van der Waals surface area contributed by atoms with Crippen LogP contribution in [0.3, 0.4) is 0 Å². The van der Waals surface area contributed by atoms with E-state index in [2.05, 4.69) is 0 Å². The van der Waals surface area contributed by atoms with Crippen molar-refractivity contribution in [3.05, 3.63) is 23.2 Å². The van der Waals surface area contributed by atoms with Gasteiger partial charge in [0.1, 0.15) is 11.5 Å². The molecular weight excluding hydrogens is 340 g/mol. The quantitative estimate of drug-likeness (QED) is 0.838. The number of hydrogen-bond acceptors (Lipinski definition) is 4. The van der Waals surface area contributed by atoms with Gasteiger partial charge in [0, 0.05) is 32.1 Å². The zero-order valence-corrected chi connectivity index (χ0v) is 13.9. The standard InChI is InChI=1S/C15H19ClN2O6/c1-23-11-2-3-13(12(16)8-11)24-7-4-10-9-17(14(19)20)5-6-18(10)15(21)22/h2-3,8,10H,4-7,9H2,1H3,(H,19,20)(H,21,22)/t10-/m1/s1. The summed E-state index contributed by atoms with van der Waals surface area (Å²) >= 11 is 6.08. The third-order valence-electron chi connectivity index (χ3n) is 3.85. The zero-order valence-electron chi connectivity index (χ0n) is 13.1. The number of carbonyl (C=O) groups is 2. The molecule has 9 heteroatoms. The van der Waals surface area contributed by atoms with Crippen LogP contribution in [0.4, 0.5) is 9.59 Å². The van der Waals surface area contributed by atoms with Crippen LogP contribution in [0, 0.1) is 0 Å². The summed E-state index contributed by atoms with van der Waals surface area (Å²) in [7, 11) is 1.53. The van der Waals surface area contributed by atoms with Gasteiger partial charge in [-0.15, -0.1) is 0 Å². The Labute approximate surface area is 144 Å². The van der Waals surface area contributed by atoms with Crippen molar-refractivity contribution in [2.24, 2.45) is 0 Å². The molecule has 1 atom stereocenters. The van der Waals surface area contributed by atoms with Gasteiger partial charge < -0.3 is 29.5 Å². The average molecular weight is 359 g/mol. The second kappa shape index (κ2) is 7.96. The molecular formula is C15H19ClN2O6. The molecule has 1 aliphatic heterocycles. The van der Waals surface area contributed by atoms with Crippen LogP contribution in [0.15, 0.2) is 18.2 Å². The molecule has 0 spiro atoms. The number of piperazine rings is 1. The Morgan fingerprint density at radius 2 is 2.04 bits per heavy atom. The Morgan fingerprint density at radius 3 is 2.62 bits per heavy atom. The van der Waals surface area contributed by atoms with Gasteiger partial charge in [-0.1, -0.05) is 11.6 Å². The second-order valence-electron chi connectivity index (χ2n) is 5.29. The summed E-state index contributed by atoms with van der Waals surface area (Å²) in [4.78, 5) is 24.8. The van der Waals surface area contributed by atoms with E-state index in [1.807, 2.05) is 0 Å². The number of rotatable bonds is 5. The van der Waals surface area contributed by atoms with E-state index in [-0.39, 0.29) is 26.2 Å². The van der Waals surface area contributed by atoms with E-state index in [1.165, 1.54) is 16.9 Å². The number of methoxy groups -OCH3 is 1. The van der Waals surface area contributed by atoms with Gasteiger partial charge in [0.2, 0.25) is 0 Å². The largest absolute Gasteiger partial charge is 0.497 e. The maximum absolute atomic E-state index is 11.3. The van der Waals surface area contributed by atoms with E-state index in [0.717, 1.165) is 0 Å². The molecule has 0 radical (unpaired) electrons. The van der Waals surface area contributed by atoms with Gasteiger partial charge >= 0.3 is 12.2 Å². The van der Waals surface area contributed by atoms with Crippen molar-refractivity contribution >= 4 is 23.8 Å². The average Bonchev–Trinajstić information content (AvgIpc) is 2.55. The van der Waals surface area contributed by atoms with Gasteiger partial charge in [-0.3, -0.25) is 0 Å². The van der Waals surface area contributed by atoms with Gasteiger partial charge in [-0.05, 0) is 12.1 Å². The summed E-state index contributed by atoms with van der Waals surface area (Å²) in [6.45, 7) is 0.661. The van der Waals surface area contributed by atoms with Crippen molar-refractivity contribution in [1.82, 2.24) is 9.80 Å². The highest BCUT2D eigenvalue weighted by atomic mass is 35.5. The van der Waals surface area contributed by atoms with Crippen LogP contribution in [0.1, 0.15) is 6.42 Å². The summed E-state index contributed by atoms with van der Waals surface area (Å²) < 4.78 is 10.6. The number of carboxylic acid groups (broad SMARTS) is 2. The van der Waals surface area contributed by atoms with Crippen molar-refractivity contribution in [2.45, 2.75) is 12.5 Å².